The van der Waals surface area contributed by atoms with Gasteiger partial charge in [-0.2, -0.15) is 0 Å². The van der Waals surface area contributed by atoms with Gasteiger partial charge in [-0.25, -0.2) is 4.39 Å². The average Bonchev–Trinajstić information content (AvgIpc) is 3.17. The number of para-hydroxylation sites is 1. The summed E-state index contributed by atoms with van der Waals surface area (Å²) in [6, 6.07) is 20.5. The largest absolute Gasteiger partial charge is 0.348 e. The monoisotopic (exact) mass is 374 g/mol. The third kappa shape index (κ3) is 3.64. The number of carbonyl (C=O) groups is 2. The number of anilines is 1. The Morgan fingerprint density at radius 3 is 2.32 bits per heavy atom. The summed E-state index contributed by atoms with van der Waals surface area (Å²) in [5.74, 6) is -0.617. The molecule has 4 nitrogen and oxygen atoms in total. The molecule has 1 N–H and O–H groups in total. The zero-order chi connectivity index (χ0) is 19.5. The van der Waals surface area contributed by atoms with Crippen LogP contribution in [0.1, 0.15) is 31.8 Å². The maximum atomic E-state index is 12.9. The minimum Gasteiger partial charge on any atom is -0.348 e. The number of amides is 2. The first kappa shape index (κ1) is 17.9. The van der Waals surface area contributed by atoms with Crippen molar-refractivity contribution in [2.75, 3.05) is 11.4 Å². The molecule has 3 aromatic rings. The van der Waals surface area contributed by atoms with Gasteiger partial charge in [-0.05, 0) is 60.0 Å². The SMILES string of the molecule is O=C(NCc1ccc(F)cc1)c1ccc(C(=O)N2CCc3ccccc32)cc1. The summed E-state index contributed by atoms with van der Waals surface area (Å²) in [6.07, 6.45) is 0.853. The molecule has 0 unspecified atom stereocenters. The van der Waals surface area contributed by atoms with Crippen molar-refractivity contribution in [1.29, 1.82) is 0 Å². The van der Waals surface area contributed by atoms with E-state index in [0.29, 0.717) is 24.2 Å². The fourth-order valence-electron chi connectivity index (χ4n) is 3.36. The third-order valence-corrected chi connectivity index (χ3v) is 4.89. The van der Waals surface area contributed by atoms with E-state index in [1.165, 1.54) is 17.7 Å². The van der Waals surface area contributed by atoms with Crippen molar-refractivity contribution < 1.29 is 14.0 Å². The van der Waals surface area contributed by atoms with Crippen LogP contribution >= 0.6 is 0 Å². The molecule has 1 aliphatic rings. The highest BCUT2D eigenvalue weighted by Crippen LogP contribution is 2.28. The Morgan fingerprint density at radius 1 is 0.893 bits per heavy atom. The summed E-state index contributed by atoms with van der Waals surface area (Å²) >= 11 is 0. The van der Waals surface area contributed by atoms with E-state index in [1.54, 1.807) is 41.3 Å². The van der Waals surface area contributed by atoms with Gasteiger partial charge >= 0.3 is 0 Å². The Morgan fingerprint density at radius 2 is 1.57 bits per heavy atom. The Labute approximate surface area is 162 Å². The number of halogens is 1. The molecule has 0 bridgehead atoms. The van der Waals surface area contributed by atoms with Gasteiger partial charge in [0.25, 0.3) is 11.8 Å². The molecule has 0 radical (unpaired) electrons. The van der Waals surface area contributed by atoms with Crippen LogP contribution in [0.4, 0.5) is 10.1 Å². The van der Waals surface area contributed by atoms with Gasteiger partial charge in [0.1, 0.15) is 5.82 Å². The fourth-order valence-corrected chi connectivity index (χ4v) is 3.36. The molecule has 4 rings (SSSR count). The number of benzene rings is 3. The lowest BCUT2D eigenvalue weighted by Crippen LogP contribution is -2.29. The normalized spacial score (nSPS) is 12.5. The van der Waals surface area contributed by atoms with Crippen molar-refractivity contribution in [2.24, 2.45) is 0 Å². The second-order valence-corrected chi connectivity index (χ2v) is 6.72. The molecule has 3 aromatic carbocycles. The van der Waals surface area contributed by atoms with Crippen LogP contribution in [0.15, 0.2) is 72.8 Å². The molecule has 1 heterocycles. The summed E-state index contributed by atoms with van der Waals surface area (Å²) < 4.78 is 12.9. The lowest BCUT2D eigenvalue weighted by atomic mass is 10.1. The van der Waals surface area contributed by atoms with E-state index in [2.05, 4.69) is 5.32 Å². The molecule has 0 aliphatic carbocycles. The number of hydrogen-bond acceptors (Lipinski definition) is 2. The van der Waals surface area contributed by atoms with Crippen LogP contribution in [0.25, 0.3) is 0 Å². The molecular weight excluding hydrogens is 355 g/mol. The van der Waals surface area contributed by atoms with Crippen molar-refractivity contribution in [3.63, 3.8) is 0 Å². The average molecular weight is 374 g/mol. The quantitative estimate of drug-likeness (QED) is 0.752. The molecule has 0 saturated carbocycles. The van der Waals surface area contributed by atoms with Gasteiger partial charge in [0.05, 0.1) is 0 Å². The van der Waals surface area contributed by atoms with E-state index in [9.17, 15) is 14.0 Å². The van der Waals surface area contributed by atoms with Crippen LogP contribution in [0.5, 0.6) is 0 Å². The smallest absolute Gasteiger partial charge is 0.258 e. The van der Waals surface area contributed by atoms with Crippen molar-refractivity contribution in [1.82, 2.24) is 5.32 Å². The molecular formula is C23H19FN2O2. The summed E-state index contributed by atoms with van der Waals surface area (Å²) in [7, 11) is 0. The van der Waals surface area contributed by atoms with E-state index in [-0.39, 0.29) is 17.6 Å². The highest BCUT2D eigenvalue weighted by molar-refractivity contribution is 6.07. The highest BCUT2D eigenvalue weighted by Gasteiger charge is 2.25. The Kier molecular flexibility index (Phi) is 4.89. The molecule has 5 heteroatoms. The van der Waals surface area contributed by atoms with E-state index in [4.69, 9.17) is 0 Å². The Balaban J connectivity index is 1.41. The maximum Gasteiger partial charge on any atom is 0.258 e. The zero-order valence-corrected chi connectivity index (χ0v) is 15.2. The van der Waals surface area contributed by atoms with Crippen molar-refractivity contribution in [3.05, 3.63) is 101 Å². The molecule has 0 aromatic heterocycles. The predicted octanol–water partition coefficient (Wildman–Crippen LogP) is 3.96. The Bertz CT molecular complexity index is 1010. The number of fused-ring (bicyclic) bond motifs is 1. The lowest BCUT2D eigenvalue weighted by molar-refractivity contribution is 0.0947. The molecule has 0 saturated heterocycles. The predicted molar refractivity (Wildman–Crippen MR) is 106 cm³/mol. The second-order valence-electron chi connectivity index (χ2n) is 6.72. The van der Waals surface area contributed by atoms with Crippen LogP contribution in [-0.2, 0) is 13.0 Å². The van der Waals surface area contributed by atoms with Gasteiger partial charge in [0.2, 0.25) is 0 Å². The first-order valence-electron chi connectivity index (χ1n) is 9.14. The fraction of sp³-hybridized carbons (Fsp3) is 0.130. The van der Waals surface area contributed by atoms with Crippen LogP contribution in [0, 0.1) is 5.82 Å². The van der Waals surface area contributed by atoms with E-state index < -0.39 is 0 Å². The summed E-state index contributed by atoms with van der Waals surface area (Å²) in [4.78, 5) is 26.9. The third-order valence-electron chi connectivity index (χ3n) is 4.89. The lowest BCUT2D eigenvalue weighted by Gasteiger charge is -2.17. The number of nitrogens with one attached hydrogen (secondary N) is 1. The van der Waals surface area contributed by atoms with Gasteiger partial charge in [-0.1, -0.05) is 30.3 Å². The van der Waals surface area contributed by atoms with Gasteiger partial charge in [-0.15, -0.1) is 0 Å². The molecule has 0 spiro atoms. The van der Waals surface area contributed by atoms with Crippen LogP contribution in [0.3, 0.4) is 0 Å². The molecule has 28 heavy (non-hydrogen) atoms. The standard InChI is InChI=1S/C23H19FN2O2/c24-20-11-5-16(6-12-20)15-25-22(27)18-7-9-19(10-8-18)23(28)26-14-13-17-3-1-2-4-21(17)26/h1-12H,13-15H2,(H,25,27). The van der Waals surface area contributed by atoms with Crippen molar-refractivity contribution in [2.45, 2.75) is 13.0 Å². The van der Waals surface area contributed by atoms with E-state index >= 15 is 0 Å². The van der Waals surface area contributed by atoms with Gasteiger partial charge in [0, 0.05) is 29.9 Å². The minimum atomic E-state index is -0.309. The molecule has 2 amide bonds. The first-order valence-corrected chi connectivity index (χ1v) is 9.14. The van der Waals surface area contributed by atoms with Crippen LogP contribution in [-0.4, -0.2) is 18.4 Å². The topological polar surface area (TPSA) is 49.4 Å². The summed E-state index contributed by atoms with van der Waals surface area (Å²) in [5.41, 5.74) is 3.96. The van der Waals surface area contributed by atoms with Crippen molar-refractivity contribution >= 4 is 17.5 Å². The van der Waals surface area contributed by atoms with Gasteiger partial charge in [0.15, 0.2) is 0 Å². The maximum absolute atomic E-state index is 12.9. The Hall–Kier alpha value is -3.47. The van der Waals surface area contributed by atoms with Crippen LogP contribution in [0.2, 0.25) is 0 Å². The van der Waals surface area contributed by atoms with Crippen molar-refractivity contribution in [3.8, 4) is 0 Å². The van der Waals surface area contributed by atoms with Gasteiger partial charge < -0.3 is 10.2 Å². The number of carbonyl (C=O) groups excluding carboxylic acids is 2. The van der Waals surface area contributed by atoms with Crippen LogP contribution < -0.4 is 10.2 Å². The van der Waals surface area contributed by atoms with E-state index in [1.807, 2.05) is 24.3 Å². The molecule has 1 aliphatic heterocycles. The molecule has 0 atom stereocenters. The summed E-state index contributed by atoms with van der Waals surface area (Å²) in [5, 5.41) is 2.79. The van der Waals surface area contributed by atoms with Gasteiger partial charge in [-0.3, -0.25) is 9.59 Å². The number of hydrogen-bond donors (Lipinski definition) is 1. The summed E-state index contributed by atoms with van der Waals surface area (Å²) in [6.45, 7) is 0.975. The molecule has 0 fully saturated rings. The molecule has 140 valence electrons. The number of rotatable bonds is 4. The highest BCUT2D eigenvalue weighted by atomic mass is 19.1. The minimum absolute atomic E-state index is 0.0665. The number of nitrogens with zero attached hydrogens (tertiary/aromatic N) is 1. The first-order chi connectivity index (χ1) is 13.6. The van der Waals surface area contributed by atoms with E-state index in [0.717, 1.165) is 17.7 Å². The second kappa shape index (κ2) is 7.64. The zero-order valence-electron chi connectivity index (χ0n) is 15.2.